The van der Waals surface area contributed by atoms with Gasteiger partial charge in [-0.05, 0) is 48.2 Å². The number of nitrogens with two attached hydrogens (primary N) is 1. The van der Waals surface area contributed by atoms with E-state index in [0.717, 1.165) is 29.4 Å². The minimum absolute atomic E-state index is 0.0274. The highest BCUT2D eigenvalue weighted by molar-refractivity contribution is 5.70. The molecule has 3 rings (SSSR count). The van der Waals surface area contributed by atoms with E-state index in [1.54, 1.807) is 32.2 Å². The van der Waals surface area contributed by atoms with E-state index in [1.807, 2.05) is 24.4 Å². The smallest absolute Gasteiger partial charge is 0.145 e. The summed E-state index contributed by atoms with van der Waals surface area (Å²) in [5.74, 6) is 0.604. The predicted molar refractivity (Wildman–Crippen MR) is 124 cm³/mol. The summed E-state index contributed by atoms with van der Waals surface area (Å²) in [6.45, 7) is 6.00. The number of aliphatic hydroxyl groups is 1. The quantitative estimate of drug-likeness (QED) is 0.454. The molecule has 0 spiro atoms. The Morgan fingerprint density at radius 2 is 2.09 bits per heavy atom. The molecule has 0 bridgehead atoms. The average molecular weight is 443 g/mol. The van der Waals surface area contributed by atoms with Crippen molar-refractivity contribution in [2.24, 2.45) is 16.6 Å². The summed E-state index contributed by atoms with van der Waals surface area (Å²) in [6, 6.07) is 10.7. The van der Waals surface area contributed by atoms with Crippen molar-refractivity contribution in [2.75, 3.05) is 26.9 Å². The first kappa shape index (κ1) is 25.4. The molecule has 32 heavy (non-hydrogen) atoms. The Hall–Kier alpha value is -2.87. The number of rotatable bonds is 9. The van der Waals surface area contributed by atoms with Gasteiger partial charge in [-0.3, -0.25) is 9.79 Å². The zero-order chi connectivity index (χ0) is 23.5. The molecule has 6 nitrogen and oxygen atoms in total. The van der Waals surface area contributed by atoms with E-state index in [0.29, 0.717) is 30.0 Å². The van der Waals surface area contributed by atoms with Gasteiger partial charge < -0.3 is 20.3 Å². The first-order valence-corrected chi connectivity index (χ1v) is 10.4. The van der Waals surface area contributed by atoms with Gasteiger partial charge in [0.05, 0.1) is 19.3 Å². The maximum absolute atomic E-state index is 14.8. The van der Waals surface area contributed by atoms with Crippen LogP contribution < -0.4 is 10.5 Å². The molecule has 0 saturated heterocycles. The number of carbonyl (C=O) groups excluding carboxylic acids is 1. The third-order valence-corrected chi connectivity index (χ3v) is 4.90. The third kappa shape index (κ3) is 7.09. The predicted octanol–water partition coefficient (Wildman–Crippen LogP) is 3.86. The maximum Gasteiger partial charge on any atom is 0.145 e. The Morgan fingerprint density at radius 3 is 2.66 bits per heavy atom. The number of hydrogen-bond acceptors (Lipinski definition) is 6. The molecule has 0 amide bonds. The van der Waals surface area contributed by atoms with E-state index in [-0.39, 0.29) is 31.0 Å². The highest BCUT2D eigenvalue weighted by Crippen LogP contribution is 2.34. The van der Waals surface area contributed by atoms with Gasteiger partial charge in [-0.2, -0.15) is 0 Å². The van der Waals surface area contributed by atoms with Crippen LogP contribution in [0.25, 0.3) is 11.1 Å². The van der Waals surface area contributed by atoms with E-state index in [4.69, 9.17) is 20.3 Å². The Labute approximate surface area is 188 Å². The minimum Gasteiger partial charge on any atom is -0.491 e. The van der Waals surface area contributed by atoms with Crippen LogP contribution in [0.2, 0.25) is 0 Å². The van der Waals surface area contributed by atoms with Crippen molar-refractivity contribution in [1.82, 2.24) is 0 Å². The number of aliphatic imine (C=N–C) groups is 1. The Bertz CT molecular complexity index is 946. The molecule has 0 aliphatic carbocycles. The van der Waals surface area contributed by atoms with Gasteiger partial charge >= 0.3 is 0 Å². The summed E-state index contributed by atoms with van der Waals surface area (Å²) < 4.78 is 25.5. The van der Waals surface area contributed by atoms with E-state index in [2.05, 4.69) is 11.6 Å². The third-order valence-electron chi connectivity index (χ3n) is 4.90. The fraction of sp³-hybridized carbons (Fsp3) is 0.360. The number of benzene rings is 2. The number of nitrogens with zero attached hydrogens (tertiary/aromatic N) is 1. The molecule has 0 fully saturated rings. The summed E-state index contributed by atoms with van der Waals surface area (Å²) in [5.41, 5.74) is 9.19. The number of ether oxygens (including phenoxy) is 2. The summed E-state index contributed by atoms with van der Waals surface area (Å²) in [7, 11) is 1.59. The number of methoxy groups -OCH3 is 1. The molecule has 2 atom stereocenters. The molecular weight excluding hydrogens is 411 g/mol. The van der Waals surface area contributed by atoms with Gasteiger partial charge in [-0.1, -0.05) is 24.8 Å². The van der Waals surface area contributed by atoms with Crippen LogP contribution in [0.15, 0.2) is 53.5 Å². The molecule has 0 aromatic heterocycles. The number of halogens is 1. The maximum atomic E-state index is 14.8. The fourth-order valence-corrected chi connectivity index (χ4v) is 3.30. The van der Waals surface area contributed by atoms with E-state index in [1.165, 1.54) is 0 Å². The molecule has 7 heteroatoms. The van der Waals surface area contributed by atoms with Crippen LogP contribution in [0.3, 0.4) is 0 Å². The molecule has 1 aliphatic heterocycles. The minimum atomic E-state index is -0.286. The molecule has 172 valence electrons. The van der Waals surface area contributed by atoms with Crippen LogP contribution >= 0.6 is 0 Å². The van der Waals surface area contributed by atoms with Crippen LogP contribution in [0.4, 0.5) is 4.39 Å². The van der Waals surface area contributed by atoms with E-state index >= 15 is 0 Å². The van der Waals surface area contributed by atoms with E-state index < -0.39 is 0 Å². The van der Waals surface area contributed by atoms with Crippen molar-refractivity contribution >= 4 is 12.5 Å². The van der Waals surface area contributed by atoms with Gasteiger partial charge in [0.15, 0.2) is 0 Å². The first-order chi connectivity index (χ1) is 15.4. The van der Waals surface area contributed by atoms with Gasteiger partial charge in [-0.25, -0.2) is 4.39 Å². The molecule has 1 heterocycles. The number of hydrogen-bond donors (Lipinski definition) is 2. The van der Waals surface area contributed by atoms with E-state index in [9.17, 15) is 9.18 Å². The Balaban J connectivity index is 0.000000654. The highest BCUT2D eigenvalue weighted by Gasteiger charge is 2.22. The largest absolute Gasteiger partial charge is 0.491 e. The van der Waals surface area contributed by atoms with Gasteiger partial charge in [0.25, 0.3) is 0 Å². The molecule has 0 saturated carbocycles. The molecule has 1 unspecified atom stereocenters. The molecule has 2 aromatic rings. The lowest BCUT2D eigenvalue weighted by Crippen LogP contribution is -2.13. The second-order valence-electron chi connectivity index (χ2n) is 7.58. The molecule has 2 aromatic carbocycles. The topological polar surface area (TPSA) is 94.1 Å². The molecule has 0 radical (unpaired) electrons. The molecule has 3 N–H and O–H groups in total. The SMILES string of the molecule is C=C(C)C=O.COCc1cc(-c2ccc([C@@H]3CC(CN)C=N3)cc2F)ccc1OCCO. The van der Waals surface area contributed by atoms with Gasteiger partial charge in [0, 0.05) is 36.9 Å². The Kier molecular flexibility index (Phi) is 10.2. The number of aliphatic hydroxyl groups excluding tert-OH is 1. The lowest BCUT2D eigenvalue weighted by Gasteiger charge is -2.14. The Morgan fingerprint density at radius 1 is 1.34 bits per heavy atom. The number of carbonyl (C=O) groups is 1. The summed E-state index contributed by atoms with van der Waals surface area (Å²) in [5, 5.41) is 8.94. The number of aldehydes is 1. The zero-order valence-electron chi connectivity index (χ0n) is 18.6. The monoisotopic (exact) mass is 442 g/mol. The standard InChI is InChI=1S/C21H25FN2O3.C4H6O/c1-26-13-17-9-15(3-5-21(17)27-7-6-25)18-4-2-16(10-19(18)22)20-8-14(11-23)12-24-20;1-4(2)3-5/h2-5,9-10,12,14,20,25H,6-8,11,13,23H2,1H3;3H,1H2,2H3/t14?,20-;/m0./s1. The van der Waals surface area contributed by atoms with Crippen molar-refractivity contribution in [3.63, 3.8) is 0 Å². The van der Waals surface area contributed by atoms with Crippen molar-refractivity contribution in [2.45, 2.75) is 26.0 Å². The van der Waals surface area contributed by atoms with Gasteiger partial charge in [0.1, 0.15) is 24.5 Å². The van der Waals surface area contributed by atoms with Crippen molar-refractivity contribution in [1.29, 1.82) is 0 Å². The molecular formula is C25H31FN2O4. The highest BCUT2D eigenvalue weighted by atomic mass is 19.1. The van der Waals surface area contributed by atoms with Crippen molar-refractivity contribution < 1.29 is 23.8 Å². The first-order valence-electron chi connectivity index (χ1n) is 10.4. The lowest BCUT2D eigenvalue weighted by molar-refractivity contribution is -0.104. The average Bonchev–Trinajstić information content (AvgIpc) is 3.28. The fourth-order valence-electron chi connectivity index (χ4n) is 3.30. The van der Waals surface area contributed by atoms with Crippen molar-refractivity contribution in [3.05, 3.63) is 65.5 Å². The van der Waals surface area contributed by atoms with Gasteiger partial charge in [-0.15, -0.1) is 0 Å². The van der Waals surface area contributed by atoms with Crippen LogP contribution in [0, 0.1) is 11.7 Å². The second kappa shape index (κ2) is 12.9. The lowest BCUT2D eigenvalue weighted by atomic mass is 9.96. The second-order valence-corrected chi connectivity index (χ2v) is 7.58. The van der Waals surface area contributed by atoms with Crippen LogP contribution in [0.1, 0.15) is 30.5 Å². The summed E-state index contributed by atoms with van der Waals surface area (Å²) >= 11 is 0. The summed E-state index contributed by atoms with van der Waals surface area (Å²) in [6.07, 6.45) is 3.42. The van der Waals surface area contributed by atoms with Crippen LogP contribution in [0.5, 0.6) is 5.75 Å². The summed E-state index contributed by atoms with van der Waals surface area (Å²) in [4.78, 5) is 13.9. The van der Waals surface area contributed by atoms with Gasteiger partial charge in [0.2, 0.25) is 0 Å². The van der Waals surface area contributed by atoms with Crippen LogP contribution in [-0.4, -0.2) is 44.5 Å². The molecule has 1 aliphatic rings. The normalized spacial score (nSPS) is 16.9. The number of allylic oxidation sites excluding steroid dienone is 1. The van der Waals surface area contributed by atoms with Crippen LogP contribution in [-0.2, 0) is 16.1 Å². The zero-order valence-corrected chi connectivity index (χ0v) is 18.6. The van der Waals surface area contributed by atoms with Crippen molar-refractivity contribution in [3.8, 4) is 16.9 Å².